The molecule has 5 N–H and O–H groups in total. The van der Waals surface area contributed by atoms with Crippen LogP contribution >= 0.6 is 0 Å². The number of imide groups is 5. The fourth-order valence-electron chi connectivity index (χ4n) is 7.92. The number of esters is 2. The molecule has 0 saturated carbocycles. The quantitative estimate of drug-likeness (QED) is 0.0334. The SMILES string of the molecule is C.C.C.C.C=O.O=C(CCC(=O)ON1C(=O)CCC1=O)OCCCCO.O=C(CCCC(=O)ON1C(=O)CCC1=O)OCCCCO.O=C(CCCCCO)CCC(=O)ON1C(=O)CCC1=O.O=C(CCCCCO)CCCC(=O)ON1C(=O)CCC1=O.O=C(CCCO)ON1C(=O)CCC1=O. The Balaban J connectivity index is -0.000000380. The minimum Gasteiger partial charge on any atom is -0.466 e. The summed E-state index contributed by atoms with van der Waals surface area (Å²) in [5.41, 5.74) is 0. The molecule has 0 unspecified atom stereocenters. The third-order valence-electron chi connectivity index (χ3n) is 13.1. The fraction of sp³-hybridized carbons (Fsp3) is 0.692. The molecule has 0 aromatic rings. The average molecular weight is 1470 g/mol. The smallest absolute Gasteiger partial charge is 0.333 e. The van der Waals surface area contributed by atoms with Crippen LogP contribution in [0.5, 0.6) is 0 Å². The highest BCUT2D eigenvalue weighted by Gasteiger charge is 2.37. The van der Waals surface area contributed by atoms with E-state index in [4.69, 9.17) is 39.8 Å². The van der Waals surface area contributed by atoms with Gasteiger partial charge in [-0.05, 0) is 70.6 Å². The maximum atomic E-state index is 11.5. The molecular formula is C65H105N5O32. The van der Waals surface area contributed by atoms with Crippen molar-refractivity contribution >= 4 is 119 Å². The summed E-state index contributed by atoms with van der Waals surface area (Å²) in [5, 5.41) is 45.1. The lowest BCUT2D eigenvalue weighted by Crippen LogP contribution is -2.32. The summed E-state index contributed by atoms with van der Waals surface area (Å²) < 4.78 is 9.67. The molecule has 37 nitrogen and oxygen atoms in total. The van der Waals surface area contributed by atoms with E-state index in [9.17, 15) is 91.1 Å². The molecule has 102 heavy (non-hydrogen) atoms. The number of ketones is 2. The molecule has 0 bridgehead atoms. The summed E-state index contributed by atoms with van der Waals surface area (Å²) >= 11 is 0. The van der Waals surface area contributed by atoms with E-state index in [0.29, 0.717) is 89.5 Å². The van der Waals surface area contributed by atoms with Crippen molar-refractivity contribution in [1.82, 2.24) is 25.3 Å². The number of aliphatic hydroxyl groups excluding tert-OH is 5. The number of carbonyl (C=O) groups is 20. The van der Waals surface area contributed by atoms with Crippen molar-refractivity contribution < 1.29 is 155 Å². The average Bonchev–Trinajstić information content (AvgIpc) is 1.77. The first-order valence-corrected chi connectivity index (χ1v) is 31.8. The molecular weight excluding hydrogens is 1360 g/mol. The van der Waals surface area contributed by atoms with E-state index in [1.807, 2.05) is 6.79 Å². The highest BCUT2D eigenvalue weighted by atomic mass is 16.7. The lowest BCUT2D eigenvalue weighted by atomic mass is 10.1. The van der Waals surface area contributed by atoms with Gasteiger partial charge >= 0.3 is 41.8 Å². The first-order valence-electron chi connectivity index (χ1n) is 31.8. The molecule has 10 amide bonds. The maximum absolute atomic E-state index is 11.5. The monoisotopic (exact) mass is 1470 g/mol. The van der Waals surface area contributed by atoms with Crippen LogP contribution in [0.4, 0.5) is 0 Å². The standard InChI is InChI=1S/C14H21NO6.C13H19NO7.C13H19NO6.C12H17NO7.C8H11NO5.CH2O.4CH4/c16-10-3-1-2-5-11(17)6-4-7-14(20)21-15-12(18)8-9-13(15)19;15-8-1-2-9-20-12(18)4-3-5-13(19)21-14-10(16)6-7-11(14)17;15-9-3-1-2-4-10(16)5-8-13(19)20-14-11(17)6-7-12(14)18;14-7-1-2-8-19-11(17)5-6-12(18)20-13-9(15)3-4-10(13)16;10-5-1-2-8(13)14-9-6(11)3-4-7(9)12;1-2;;;;/h16H,1-10H2;15H,1-9H2;15H,1-9H2;14H,1-8H2;10H,1-5H2;1H2;4*1H4. The van der Waals surface area contributed by atoms with Gasteiger partial charge in [0.05, 0.1) is 38.9 Å². The zero-order chi connectivity index (χ0) is 73.8. The van der Waals surface area contributed by atoms with Crippen molar-refractivity contribution in [3.63, 3.8) is 0 Å². The second-order valence-corrected chi connectivity index (χ2v) is 21.2. The van der Waals surface area contributed by atoms with E-state index in [2.05, 4.69) is 24.2 Å². The summed E-state index contributed by atoms with van der Waals surface area (Å²) in [5.74, 6) is -9.92. The van der Waals surface area contributed by atoms with Crippen LogP contribution in [-0.2, 0) is 130 Å². The van der Waals surface area contributed by atoms with Crippen LogP contribution in [-0.4, -0.2) is 216 Å². The molecule has 5 heterocycles. The van der Waals surface area contributed by atoms with Crippen LogP contribution in [0, 0.1) is 0 Å². The van der Waals surface area contributed by atoms with E-state index < -0.39 is 101 Å². The van der Waals surface area contributed by atoms with Crippen molar-refractivity contribution in [2.24, 2.45) is 0 Å². The zero-order valence-corrected chi connectivity index (χ0v) is 54.7. The van der Waals surface area contributed by atoms with E-state index in [1.165, 1.54) is 0 Å². The topological polar surface area (TPSA) is 523 Å². The van der Waals surface area contributed by atoms with Crippen molar-refractivity contribution in [2.75, 3.05) is 46.2 Å². The normalized spacial score (nSPS) is 14.0. The Morgan fingerprint density at radius 1 is 0.245 bits per heavy atom. The molecule has 0 aliphatic carbocycles. The number of hydroxylamine groups is 10. The molecule has 5 rings (SSSR count). The molecule has 5 aliphatic heterocycles. The Kier molecular flexibility index (Phi) is 61.3. The minimum atomic E-state index is -0.832. The maximum Gasteiger partial charge on any atom is 0.333 e. The molecule has 0 atom stereocenters. The van der Waals surface area contributed by atoms with Gasteiger partial charge in [-0.3, -0.25) is 67.1 Å². The number of rotatable bonds is 40. The first-order chi connectivity index (χ1) is 46.8. The van der Waals surface area contributed by atoms with Crippen LogP contribution in [0.3, 0.4) is 0 Å². The number of carbonyl (C=O) groups excluding carboxylic acids is 20. The third-order valence-corrected chi connectivity index (χ3v) is 13.1. The van der Waals surface area contributed by atoms with Gasteiger partial charge in [-0.25, -0.2) is 24.0 Å². The third kappa shape index (κ3) is 46.3. The summed E-state index contributed by atoms with van der Waals surface area (Å²) in [7, 11) is 0. The number of amides is 10. The van der Waals surface area contributed by atoms with Crippen molar-refractivity contribution in [2.45, 2.75) is 248 Å². The number of ether oxygens (including phenoxy) is 2. The van der Waals surface area contributed by atoms with E-state index in [0.717, 1.165) is 19.3 Å². The highest BCUT2D eigenvalue weighted by Crippen LogP contribution is 2.18. The molecule has 0 radical (unpaired) electrons. The number of hydrogen-bond donors (Lipinski definition) is 5. The van der Waals surface area contributed by atoms with Gasteiger partial charge < -0.3 is 64.0 Å². The van der Waals surface area contributed by atoms with E-state index >= 15 is 0 Å². The molecule has 582 valence electrons. The number of aliphatic hydroxyl groups is 5. The number of unbranched alkanes of at least 4 members (excludes halogenated alkanes) is 6. The second kappa shape index (κ2) is 61.7. The second-order valence-electron chi connectivity index (χ2n) is 21.2. The first kappa shape index (κ1) is 101. The van der Waals surface area contributed by atoms with Gasteiger partial charge in [-0.2, -0.15) is 0 Å². The minimum absolute atomic E-state index is 0. The van der Waals surface area contributed by atoms with Crippen LogP contribution in [0.25, 0.3) is 0 Å². The van der Waals surface area contributed by atoms with Gasteiger partial charge in [0.15, 0.2) is 0 Å². The van der Waals surface area contributed by atoms with E-state index in [1.54, 1.807) is 0 Å². The highest BCUT2D eigenvalue weighted by molar-refractivity contribution is 6.04. The largest absolute Gasteiger partial charge is 0.466 e. The van der Waals surface area contributed by atoms with Gasteiger partial charge in [0.2, 0.25) is 0 Å². The molecule has 0 aromatic heterocycles. The summed E-state index contributed by atoms with van der Waals surface area (Å²) in [6.07, 6.45) is 8.44. The van der Waals surface area contributed by atoms with Crippen molar-refractivity contribution in [3.8, 4) is 0 Å². The predicted molar refractivity (Wildman–Crippen MR) is 348 cm³/mol. The molecule has 37 heteroatoms. The number of Topliss-reactive ketones (excluding diaryl/α,β-unsaturated/α-hetero) is 2. The van der Waals surface area contributed by atoms with Crippen molar-refractivity contribution in [1.29, 1.82) is 0 Å². The predicted octanol–water partition coefficient (Wildman–Crippen LogP) is 2.88. The Bertz CT molecular complexity index is 2470. The van der Waals surface area contributed by atoms with Crippen molar-refractivity contribution in [3.05, 3.63) is 0 Å². The lowest BCUT2D eigenvalue weighted by molar-refractivity contribution is -0.197. The Morgan fingerprint density at radius 2 is 0.441 bits per heavy atom. The van der Waals surface area contributed by atoms with E-state index in [-0.39, 0.29) is 222 Å². The number of hydrogen-bond acceptors (Lipinski definition) is 32. The molecule has 0 spiro atoms. The Morgan fingerprint density at radius 3 is 0.725 bits per heavy atom. The molecule has 5 saturated heterocycles. The van der Waals surface area contributed by atoms with Gasteiger partial charge in [-0.1, -0.05) is 42.5 Å². The van der Waals surface area contributed by atoms with Gasteiger partial charge in [0.1, 0.15) is 18.4 Å². The molecule has 5 fully saturated rings. The zero-order valence-electron chi connectivity index (χ0n) is 54.7. The summed E-state index contributed by atoms with van der Waals surface area (Å²) in [6.45, 7) is 2.61. The lowest BCUT2D eigenvalue weighted by Gasteiger charge is -2.12. The number of nitrogens with zero attached hydrogens (tertiary/aromatic N) is 5. The fourth-order valence-corrected chi connectivity index (χ4v) is 7.92. The van der Waals surface area contributed by atoms with Crippen LogP contribution in [0.2, 0.25) is 0 Å². The van der Waals surface area contributed by atoms with Gasteiger partial charge in [0, 0.05) is 142 Å². The van der Waals surface area contributed by atoms with Gasteiger partial charge in [-0.15, -0.1) is 25.3 Å². The molecule has 0 aromatic carbocycles. The van der Waals surface area contributed by atoms with Crippen LogP contribution in [0.15, 0.2) is 0 Å². The van der Waals surface area contributed by atoms with Crippen LogP contribution in [0.1, 0.15) is 248 Å². The van der Waals surface area contributed by atoms with Gasteiger partial charge in [0.25, 0.3) is 59.1 Å². The summed E-state index contributed by atoms with van der Waals surface area (Å²) in [4.78, 5) is 245. The summed E-state index contributed by atoms with van der Waals surface area (Å²) in [6, 6.07) is 0. The Hall–Kier alpha value is -9.20. The molecule has 5 aliphatic rings. The Labute approximate surface area is 592 Å². The van der Waals surface area contributed by atoms with Crippen LogP contribution < -0.4 is 0 Å².